The molecule has 2 rings (SSSR count). The van der Waals surface area contributed by atoms with Crippen molar-refractivity contribution in [3.63, 3.8) is 0 Å². The van der Waals surface area contributed by atoms with Crippen LogP contribution >= 0.6 is 11.3 Å². The van der Waals surface area contributed by atoms with Crippen LogP contribution in [-0.4, -0.2) is 24.0 Å². The summed E-state index contributed by atoms with van der Waals surface area (Å²) in [5, 5.41) is 3.13. The van der Waals surface area contributed by atoms with Crippen LogP contribution in [0, 0.1) is 19.8 Å². The summed E-state index contributed by atoms with van der Waals surface area (Å²) in [5.74, 6) is 0.753. The Balaban J connectivity index is 1.93. The molecule has 0 spiro atoms. The summed E-state index contributed by atoms with van der Waals surface area (Å²) in [5.41, 5.74) is 1.25. The first-order valence-electron chi connectivity index (χ1n) is 7.09. The third-order valence-corrected chi connectivity index (χ3v) is 4.94. The highest BCUT2D eigenvalue weighted by Gasteiger charge is 2.22. The third kappa shape index (κ3) is 3.50. The summed E-state index contributed by atoms with van der Waals surface area (Å²) >= 11 is 1.80. The van der Waals surface area contributed by atoms with Crippen LogP contribution in [0.5, 0.6) is 0 Å². The van der Waals surface area contributed by atoms with E-state index in [-0.39, 0.29) is 12.1 Å². The number of urea groups is 1. The van der Waals surface area contributed by atoms with Crippen molar-refractivity contribution in [1.29, 1.82) is 0 Å². The van der Waals surface area contributed by atoms with Gasteiger partial charge in [-0.3, -0.25) is 0 Å². The van der Waals surface area contributed by atoms with Gasteiger partial charge in [0, 0.05) is 22.8 Å². The number of rotatable bonds is 2. The van der Waals surface area contributed by atoms with Gasteiger partial charge in [0.25, 0.3) is 0 Å². The van der Waals surface area contributed by atoms with Crippen molar-refractivity contribution in [1.82, 2.24) is 10.2 Å². The van der Waals surface area contributed by atoms with E-state index in [0.717, 1.165) is 31.8 Å². The van der Waals surface area contributed by atoms with Gasteiger partial charge in [-0.05, 0) is 51.2 Å². The van der Waals surface area contributed by atoms with Crippen LogP contribution in [-0.2, 0) is 0 Å². The molecular weight excluding hydrogens is 256 g/mol. The summed E-state index contributed by atoms with van der Waals surface area (Å²) in [6.45, 7) is 10.3. The minimum Gasteiger partial charge on any atom is -0.331 e. The standard InChI is InChI=1S/C15H24N2OS/c1-10-5-7-17(8-6-10)15(18)16-12(3)14-9-11(2)19-13(14)4/h9-10,12H,5-8H2,1-4H3,(H,16,18). The average Bonchev–Trinajstić information content (AvgIpc) is 2.69. The van der Waals surface area contributed by atoms with Crippen molar-refractivity contribution in [3.8, 4) is 0 Å². The number of nitrogens with one attached hydrogen (secondary N) is 1. The summed E-state index contributed by atoms with van der Waals surface area (Å²) in [6.07, 6.45) is 2.25. The maximum atomic E-state index is 12.2. The van der Waals surface area contributed by atoms with Crippen molar-refractivity contribution < 1.29 is 4.79 Å². The minimum absolute atomic E-state index is 0.0858. The van der Waals surface area contributed by atoms with Crippen molar-refractivity contribution >= 4 is 17.4 Å². The van der Waals surface area contributed by atoms with Gasteiger partial charge in [-0.15, -0.1) is 11.3 Å². The molecule has 3 nitrogen and oxygen atoms in total. The lowest BCUT2D eigenvalue weighted by Crippen LogP contribution is -2.44. The Morgan fingerprint density at radius 2 is 2.05 bits per heavy atom. The molecule has 1 fully saturated rings. The zero-order valence-electron chi connectivity index (χ0n) is 12.3. The smallest absolute Gasteiger partial charge is 0.317 e. The fourth-order valence-electron chi connectivity index (χ4n) is 2.65. The molecule has 1 aliphatic heterocycles. The van der Waals surface area contributed by atoms with E-state index in [1.54, 1.807) is 11.3 Å². The molecule has 0 bridgehead atoms. The number of thiophene rings is 1. The molecule has 0 aromatic carbocycles. The SMILES string of the molecule is Cc1cc(C(C)NC(=O)N2CCC(C)CC2)c(C)s1. The molecular formula is C15H24N2OS. The molecule has 1 saturated heterocycles. The molecule has 1 N–H and O–H groups in total. The van der Waals surface area contributed by atoms with Crippen LogP contribution in [0.1, 0.15) is 48.0 Å². The fraction of sp³-hybridized carbons (Fsp3) is 0.667. The molecule has 19 heavy (non-hydrogen) atoms. The molecule has 1 aliphatic rings. The topological polar surface area (TPSA) is 32.3 Å². The van der Waals surface area contributed by atoms with E-state index in [0.29, 0.717) is 0 Å². The molecule has 0 saturated carbocycles. The number of hydrogen-bond donors (Lipinski definition) is 1. The molecule has 1 unspecified atom stereocenters. The molecule has 106 valence electrons. The van der Waals surface area contributed by atoms with Gasteiger partial charge in [0.1, 0.15) is 0 Å². The predicted octanol–water partition coefficient (Wildman–Crippen LogP) is 3.87. The number of carbonyl (C=O) groups is 1. The fourth-order valence-corrected chi connectivity index (χ4v) is 3.67. The largest absolute Gasteiger partial charge is 0.331 e. The summed E-state index contributed by atoms with van der Waals surface area (Å²) in [6, 6.07) is 2.36. The van der Waals surface area contributed by atoms with Gasteiger partial charge >= 0.3 is 6.03 Å². The molecule has 4 heteroatoms. The number of amides is 2. The van der Waals surface area contributed by atoms with Gasteiger partial charge < -0.3 is 10.2 Å². The van der Waals surface area contributed by atoms with Crippen molar-refractivity contribution in [2.75, 3.05) is 13.1 Å². The van der Waals surface area contributed by atoms with Gasteiger partial charge in [0.2, 0.25) is 0 Å². The van der Waals surface area contributed by atoms with E-state index >= 15 is 0 Å². The second-order valence-corrected chi connectivity index (χ2v) is 7.17. The predicted molar refractivity (Wildman–Crippen MR) is 80.7 cm³/mol. The van der Waals surface area contributed by atoms with E-state index in [9.17, 15) is 4.79 Å². The van der Waals surface area contributed by atoms with Crippen LogP contribution in [0.25, 0.3) is 0 Å². The summed E-state index contributed by atoms with van der Waals surface area (Å²) < 4.78 is 0. The number of carbonyl (C=O) groups excluding carboxylic acids is 1. The molecule has 1 aromatic rings. The molecule has 2 heterocycles. The zero-order valence-corrected chi connectivity index (χ0v) is 13.1. The van der Waals surface area contributed by atoms with E-state index in [1.165, 1.54) is 15.3 Å². The maximum Gasteiger partial charge on any atom is 0.317 e. The Morgan fingerprint density at radius 1 is 1.42 bits per heavy atom. The lowest BCUT2D eigenvalue weighted by molar-refractivity contribution is 0.171. The third-order valence-electron chi connectivity index (χ3n) is 3.96. The summed E-state index contributed by atoms with van der Waals surface area (Å²) in [4.78, 5) is 16.8. The normalized spacial score (nSPS) is 18.4. The van der Waals surface area contributed by atoms with Crippen LogP contribution in [0.4, 0.5) is 4.79 Å². The Hall–Kier alpha value is -1.03. The van der Waals surface area contributed by atoms with Crippen LogP contribution in [0.3, 0.4) is 0 Å². The second-order valence-electron chi connectivity index (χ2n) is 5.71. The zero-order chi connectivity index (χ0) is 14.0. The van der Waals surface area contributed by atoms with Crippen LogP contribution in [0.15, 0.2) is 6.07 Å². The number of nitrogens with zero attached hydrogens (tertiary/aromatic N) is 1. The van der Waals surface area contributed by atoms with Gasteiger partial charge in [0.05, 0.1) is 6.04 Å². The summed E-state index contributed by atoms with van der Waals surface area (Å²) in [7, 11) is 0. The number of hydrogen-bond acceptors (Lipinski definition) is 2. The van der Waals surface area contributed by atoms with Crippen molar-refractivity contribution in [2.24, 2.45) is 5.92 Å². The van der Waals surface area contributed by atoms with E-state index < -0.39 is 0 Å². The van der Waals surface area contributed by atoms with Gasteiger partial charge in [0.15, 0.2) is 0 Å². The monoisotopic (exact) mass is 280 g/mol. The lowest BCUT2D eigenvalue weighted by Gasteiger charge is -2.31. The maximum absolute atomic E-state index is 12.2. The number of aryl methyl sites for hydroxylation is 2. The molecule has 1 atom stereocenters. The van der Waals surface area contributed by atoms with E-state index in [2.05, 4.69) is 39.1 Å². The highest BCUT2D eigenvalue weighted by atomic mass is 32.1. The van der Waals surface area contributed by atoms with Gasteiger partial charge in [-0.25, -0.2) is 4.79 Å². The van der Waals surface area contributed by atoms with Gasteiger partial charge in [-0.2, -0.15) is 0 Å². The lowest BCUT2D eigenvalue weighted by atomic mass is 9.99. The first-order chi connectivity index (χ1) is 8.97. The number of likely N-dealkylation sites (tertiary alicyclic amines) is 1. The van der Waals surface area contributed by atoms with Crippen LogP contribution in [0.2, 0.25) is 0 Å². The second kappa shape index (κ2) is 5.95. The highest BCUT2D eigenvalue weighted by Crippen LogP contribution is 2.26. The average molecular weight is 280 g/mol. The van der Waals surface area contributed by atoms with Crippen molar-refractivity contribution in [2.45, 2.75) is 46.6 Å². The quantitative estimate of drug-likeness (QED) is 0.876. The van der Waals surface area contributed by atoms with Gasteiger partial charge in [-0.1, -0.05) is 6.92 Å². The van der Waals surface area contributed by atoms with E-state index in [1.807, 2.05) is 4.90 Å². The Morgan fingerprint density at radius 3 is 2.58 bits per heavy atom. The Labute approximate surface area is 120 Å². The Kier molecular flexibility index (Phi) is 4.50. The minimum atomic E-state index is 0.0858. The molecule has 0 radical (unpaired) electrons. The first-order valence-corrected chi connectivity index (χ1v) is 7.91. The van der Waals surface area contributed by atoms with E-state index in [4.69, 9.17) is 0 Å². The highest BCUT2D eigenvalue weighted by molar-refractivity contribution is 7.12. The van der Waals surface area contributed by atoms with Crippen molar-refractivity contribution in [3.05, 3.63) is 21.4 Å². The molecule has 0 aliphatic carbocycles. The molecule has 1 aromatic heterocycles. The van der Waals surface area contributed by atoms with Crippen LogP contribution < -0.4 is 5.32 Å². The first kappa shape index (κ1) is 14.4. The number of piperidine rings is 1. The Bertz CT molecular complexity index is 447. The molecule has 2 amide bonds.